The molecule has 0 saturated carbocycles. The van der Waals surface area contributed by atoms with Crippen molar-refractivity contribution in [3.05, 3.63) is 35.6 Å². The summed E-state index contributed by atoms with van der Waals surface area (Å²) in [6.45, 7) is 2.87. The summed E-state index contributed by atoms with van der Waals surface area (Å²) in [5.41, 5.74) is -0.0429. The van der Waals surface area contributed by atoms with Crippen LogP contribution < -0.4 is 5.32 Å². The van der Waals surface area contributed by atoms with Crippen LogP contribution in [-0.4, -0.2) is 61.4 Å². The topological polar surface area (TPSA) is 52.6 Å². The Bertz CT molecular complexity index is 499. The Labute approximate surface area is 117 Å². The van der Waals surface area contributed by atoms with Crippen LogP contribution in [0.4, 0.5) is 4.39 Å². The Morgan fingerprint density at radius 3 is 2.50 bits per heavy atom. The fourth-order valence-electron chi connectivity index (χ4n) is 2.06. The zero-order valence-corrected chi connectivity index (χ0v) is 11.4. The molecule has 20 heavy (non-hydrogen) atoms. The number of nitrogens with one attached hydrogen (secondary N) is 1. The van der Waals surface area contributed by atoms with E-state index in [0.29, 0.717) is 13.1 Å². The molecule has 2 amide bonds. The quantitative estimate of drug-likeness (QED) is 0.867. The molecule has 1 N–H and O–H groups in total. The van der Waals surface area contributed by atoms with Gasteiger partial charge in [0.15, 0.2) is 0 Å². The van der Waals surface area contributed by atoms with Gasteiger partial charge in [0.25, 0.3) is 5.91 Å². The normalized spacial score (nSPS) is 16.0. The number of hydrogen-bond donors (Lipinski definition) is 1. The fourth-order valence-corrected chi connectivity index (χ4v) is 2.06. The summed E-state index contributed by atoms with van der Waals surface area (Å²) in [5.74, 6) is -1.29. The van der Waals surface area contributed by atoms with Crippen LogP contribution in [0.5, 0.6) is 0 Å². The number of carbonyl (C=O) groups is 2. The van der Waals surface area contributed by atoms with Gasteiger partial charge in [-0.1, -0.05) is 12.1 Å². The van der Waals surface area contributed by atoms with E-state index < -0.39 is 11.7 Å². The average molecular weight is 279 g/mol. The predicted molar refractivity (Wildman–Crippen MR) is 72.8 cm³/mol. The van der Waals surface area contributed by atoms with Crippen LogP contribution >= 0.6 is 0 Å². The maximum Gasteiger partial charge on any atom is 0.254 e. The van der Waals surface area contributed by atoms with Crippen LogP contribution in [0.1, 0.15) is 10.4 Å². The highest BCUT2D eigenvalue weighted by molar-refractivity contribution is 5.96. The van der Waals surface area contributed by atoms with E-state index in [-0.39, 0.29) is 18.0 Å². The van der Waals surface area contributed by atoms with Crippen molar-refractivity contribution in [2.45, 2.75) is 0 Å². The van der Waals surface area contributed by atoms with Gasteiger partial charge in [-0.3, -0.25) is 9.59 Å². The van der Waals surface area contributed by atoms with E-state index in [4.69, 9.17) is 0 Å². The van der Waals surface area contributed by atoms with E-state index in [1.807, 2.05) is 7.05 Å². The molecule has 1 aromatic rings. The summed E-state index contributed by atoms with van der Waals surface area (Å²) in [6, 6.07) is 5.71. The molecule has 5 nitrogen and oxygen atoms in total. The highest BCUT2D eigenvalue weighted by Gasteiger charge is 2.20. The van der Waals surface area contributed by atoms with Crippen molar-refractivity contribution in [2.75, 3.05) is 39.8 Å². The predicted octanol–water partition coefficient (Wildman–Crippen LogP) is 0.330. The second-order valence-corrected chi connectivity index (χ2v) is 4.85. The zero-order chi connectivity index (χ0) is 14.5. The van der Waals surface area contributed by atoms with Crippen molar-refractivity contribution >= 4 is 11.8 Å². The summed E-state index contributed by atoms with van der Waals surface area (Å²) in [6.07, 6.45) is 0. The van der Waals surface area contributed by atoms with E-state index in [1.54, 1.807) is 11.0 Å². The van der Waals surface area contributed by atoms with Gasteiger partial charge in [-0.05, 0) is 19.2 Å². The van der Waals surface area contributed by atoms with Crippen LogP contribution in [0, 0.1) is 5.82 Å². The van der Waals surface area contributed by atoms with Gasteiger partial charge in [0.05, 0.1) is 12.1 Å². The van der Waals surface area contributed by atoms with Gasteiger partial charge >= 0.3 is 0 Å². The molecule has 0 spiro atoms. The van der Waals surface area contributed by atoms with Crippen molar-refractivity contribution in [3.8, 4) is 0 Å². The molecule has 0 bridgehead atoms. The van der Waals surface area contributed by atoms with Crippen molar-refractivity contribution in [3.63, 3.8) is 0 Å². The van der Waals surface area contributed by atoms with E-state index >= 15 is 0 Å². The lowest BCUT2D eigenvalue weighted by molar-refractivity contribution is -0.131. The van der Waals surface area contributed by atoms with Crippen molar-refractivity contribution in [1.29, 1.82) is 0 Å². The second kappa shape index (κ2) is 6.47. The molecular formula is C14H18FN3O2. The Morgan fingerprint density at radius 2 is 1.85 bits per heavy atom. The minimum atomic E-state index is -0.586. The van der Waals surface area contributed by atoms with Crippen LogP contribution in [0.2, 0.25) is 0 Å². The maximum atomic E-state index is 13.4. The minimum absolute atomic E-state index is 0.0429. The lowest BCUT2D eigenvalue weighted by Gasteiger charge is -2.32. The maximum absolute atomic E-state index is 13.4. The summed E-state index contributed by atoms with van der Waals surface area (Å²) in [5, 5.41) is 2.46. The van der Waals surface area contributed by atoms with Crippen LogP contribution in [0.15, 0.2) is 24.3 Å². The first-order chi connectivity index (χ1) is 9.58. The molecule has 6 heteroatoms. The fraction of sp³-hybridized carbons (Fsp3) is 0.429. The molecule has 1 heterocycles. The van der Waals surface area contributed by atoms with Crippen LogP contribution in [-0.2, 0) is 4.79 Å². The standard InChI is InChI=1S/C14H18FN3O2/c1-17-6-8-18(9-7-17)13(19)10-16-14(20)11-4-2-3-5-12(11)15/h2-5H,6-10H2,1H3,(H,16,20). The first kappa shape index (κ1) is 14.5. The largest absolute Gasteiger partial charge is 0.343 e. The Hall–Kier alpha value is -1.95. The van der Waals surface area contributed by atoms with Crippen molar-refractivity contribution in [1.82, 2.24) is 15.1 Å². The smallest absolute Gasteiger partial charge is 0.254 e. The van der Waals surface area contributed by atoms with Gasteiger partial charge in [0, 0.05) is 26.2 Å². The van der Waals surface area contributed by atoms with Crippen LogP contribution in [0.25, 0.3) is 0 Å². The lowest BCUT2D eigenvalue weighted by atomic mass is 10.2. The lowest BCUT2D eigenvalue weighted by Crippen LogP contribution is -2.50. The molecule has 1 saturated heterocycles. The number of benzene rings is 1. The Morgan fingerprint density at radius 1 is 1.20 bits per heavy atom. The highest BCUT2D eigenvalue weighted by atomic mass is 19.1. The molecular weight excluding hydrogens is 261 g/mol. The monoisotopic (exact) mass is 279 g/mol. The van der Waals surface area contributed by atoms with Crippen molar-refractivity contribution < 1.29 is 14.0 Å². The molecule has 0 aliphatic carbocycles. The van der Waals surface area contributed by atoms with Gasteiger partial charge in [-0.2, -0.15) is 0 Å². The third kappa shape index (κ3) is 3.54. The minimum Gasteiger partial charge on any atom is -0.343 e. The number of amides is 2. The van der Waals surface area contributed by atoms with Gasteiger partial charge in [0.1, 0.15) is 5.82 Å². The van der Waals surface area contributed by atoms with E-state index in [1.165, 1.54) is 18.2 Å². The van der Waals surface area contributed by atoms with E-state index in [2.05, 4.69) is 10.2 Å². The number of likely N-dealkylation sites (N-methyl/N-ethyl adjacent to an activating group) is 1. The number of piperazine rings is 1. The summed E-state index contributed by atoms with van der Waals surface area (Å²) >= 11 is 0. The number of hydrogen-bond acceptors (Lipinski definition) is 3. The molecule has 108 valence electrons. The van der Waals surface area contributed by atoms with Crippen molar-refractivity contribution in [2.24, 2.45) is 0 Å². The van der Waals surface area contributed by atoms with Gasteiger partial charge in [0.2, 0.25) is 5.91 Å². The number of carbonyl (C=O) groups excluding carboxylic acids is 2. The molecule has 1 fully saturated rings. The van der Waals surface area contributed by atoms with Crippen LogP contribution in [0.3, 0.4) is 0 Å². The molecule has 1 aliphatic heterocycles. The van der Waals surface area contributed by atoms with Gasteiger partial charge in [-0.25, -0.2) is 4.39 Å². The Balaban J connectivity index is 1.84. The average Bonchev–Trinajstić information content (AvgIpc) is 2.45. The first-order valence-electron chi connectivity index (χ1n) is 6.57. The third-order valence-corrected chi connectivity index (χ3v) is 3.37. The van der Waals surface area contributed by atoms with E-state index in [0.717, 1.165) is 13.1 Å². The summed E-state index contributed by atoms with van der Waals surface area (Å²) in [4.78, 5) is 27.5. The first-order valence-corrected chi connectivity index (χ1v) is 6.57. The second-order valence-electron chi connectivity index (χ2n) is 4.85. The van der Waals surface area contributed by atoms with E-state index in [9.17, 15) is 14.0 Å². The number of halogens is 1. The molecule has 1 aromatic carbocycles. The van der Waals surface area contributed by atoms with Gasteiger partial charge in [-0.15, -0.1) is 0 Å². The third-order valence-electron chi connectivity index (χ3n) is 3.37. The molecule has 0 atom stereocenters. The molecule has 1 aliphatic rings. The molecule has 0 aromatic heterocycles. The number of rotatable bonds is 3. The SMILES string of the molecule is CN1CCN(C(=O)CNC(=O)c2ccccc2F)CC1. The van der Waals surface area contributed by atoms with Gasteiger partial charge < -0.3 is 15.1 Å². The summed E-state index contributed by atoms with van der Waals surface area (Å²) in [7, 11) is 2.00. The summed E-state index contributed by atoms with van der Waals surface area (Å²) < 4.78 is 13.4. The molecule has 0 radical (unpaired) electrons. The molecule has 0 unspecified atom stereocenters. The Kier molecular flexibility index (Phi) is 4.68. The molecule has 2 rings (SSSR count). The zero-order valence-electron chi connectivity index (χ0n) is 11.4. The highest BCUT2D eigenvalue weighted by Crippen LogP contribution is 2.06. The number of nitrogens with zero attached hydrogens (tertiary/aromatic N) is 2.